The van der Waals surface area contributed by atoms with Crippen LogP contribution in [0, 0.1) is 6.92 Å². The lowest BCUT2D eigenvalue weighted by atomic mass is 10.0. The first-order valence-electron chi connectivity index (χ1n) is 9.52. The molecule has 0 radical (unpaired) electrons. The zero-order chi connectivity index (χ0) is 21.8. The van der Waals surface area contributed by atoms with Gasteiger partial charge < -0.3 is 14.7 Å². The van der Waals surface area contributed by atoms with E-state index >= 15 is 0 Å². The van der Waals surface area contributed by atoms with Crippen molar-refractivity contribution in [3.8, 4) is 0 Å². The number of hydrogen-bond donors (Lipinski definition) is 0. The monoisotopic (exact) mass is 411 g/mol. The lowest BCUT2D eigenvalue weighted by molar-refractivity contribution is -0.137. The molecule has 0 unspecified atom stereocenters. The Morgan fingerprint density at radius 2 is 1.79 bits per heavy atom. The molecule has 0 aliphatic heterocycles. The van der Waals surface area contributed by atoms with E-state index in [1.807, 2.05) is 37.3 Å². The SMILES string of the molecule is COC(=O)C(=[N+]=[N-])c1cc(C)nc([C@H](O[Si](C)(C)C(C)(C)C)c2ccccc2)c1. The van der Waals surface area contributed by atoms with Crippen LogP contribution in [-0.4, -0.2) is 36.9 Å². The molecule has 1 atom stereocenters. The predicted molar refractivity (Wildman–Crippen MR) is 115 cm³/mol. The van der Waals surface area contributed by atoms with E-state index in [-0.39, 0.29) is 10.7 Å². The van der Waals surface area contributed by atoms with Gasteiger partial charge in [-0.25, -0.2) is 4.79 Å². The quantitative estimate of drug-likeness (QED) is 0.227. The van der Waals surface area contributed by atoms with E-state index in [1.165, 1.54) is 7.11 Å². The summed E-state index contributed by atoms with van der Waals surface area (Å²) in [6, 6.07) is 13.3. The smallest absolute Gasteiger partial charge is 0.422 e. The van der Waals surface area contributed by atoms with Crippen molar-refractivity contribution in [2.45, 2.75) is 51.9 Å². The van der Waals surface area contributed by atoms with E-state index in [9.17, 15) is 10.3 Å². The Bertz CT molecular complexity index is 930. The first-order chi connectivity index (χ1) is 13.5. The number of rotatable bonds is 6. The third-order valence-electron chi connectivity index (χ3n) is 5.32. The van der Waals surface area contributed by atoms with Crippen LogP contribution in [0.15, 0.2) is 42.5 Å². The number of pyridine rings is 1. The number of benzene rings is 1. The molecule has 1 aromatic carbocycles. The number of methoxy groups -OCH3 is 1. The minimum Gasteiger partial charge on any atom is -0.460 e. The van der Waals surface area contributed by atoms with Crippen LogP contribution in [0.25, 0.3) is 5.53 Å². The van der Waals surface area contributed by atoms with Gasteiger partial charge in [0.1, 0.15) is 6.10 Å². The number of hydrogen-bond acceptors (Lipinski definition) is 4. The minimum absolute atomic E-state index is 0.0103. The van der Waals surface area contributed by atoms with Crippen LogP contribution in [0.5, 0.6) is 0 Å². The summed E-state index contributed by atoms with van der Waals surface area (Å²) in [6.07, 6.45) is -0.409. The fourth-order valence-corrected chi connectivity index (χ4v) is 3.88. The number of carbonyl (C=O) groups is 1. The highest BCUT2D eigenvalue weighted by Gasteiger charge is 2.40. The van der Waals surface area contributed by atoms with Gasteiger partial charge in [-0.1, -0.05) is 51.1 Å². The van der Waals surface area contributed by atoms with E-state index < -0.39 is 20.4 Å². The molecule has 6 nitrogen and oxygen atoms in total. The molecule has 0 spiro atoms. The molecule has 0 amide bonds. The molecule has 0 bridgehead atoms. The van der Waals surface area contributed by atoms with E-state index in [2.05, 4.69) is 43.6 Å². The van der Waals surface area contributed by atoms with Crippen LogP contribution in [-0.2, 0) is 14.0 Å². The van der Waals surface area contributed by atoms with Crippen molar-refractivity contribution in [2.75, 3.05) is 7.11 Å². The van der Waals surface area contributed by atoms with Crippen molar-refractivity contribution in [1.82, 2.24) is 4.98 Å². The van der Waals surface area contributed by atoms with Crippen LogP contribution in [0.2, 0.25) is 18.1 Å². The molecule has 1 aromatic heterocycles. The average Bonchev–Trinajstić information content (AvgIpc) is 2.66. The summed E-state index contributed by atoms with van der Waals surface area (Å²) in [7, 11) is -0.898. The van der Waals surface area contributed by atoms with Gasteiger partial charge in [0.2, 0.25) is 0 Å². The first-order valence-corrected chi connectivity index (χ1v) is 12.4. The molecule has 2 aromatic rings. The molecule has 2 rings (SSSR count). The Morgan fingerprint density at radius 3 is 2.31 bits per heavy atom. The third-order valence-corrected chi connectivity index (χ3v) is 9.75. The van der Waals surface area contributed by atoms with Crippen LogP contribution in [0.3, 0.4) is 0 Å². The van der Waals surface area contributed by atoms with Gasteiger partial charge >= 0.3 is 11.7 Å². The van der Waals surface area contributed by atoms with Crippen LogP contribution in [0.1, 0.15) is 49.4 Å². The molecule has 0 fully saturated rings. The maximum Gasteiger partial charge on any atom is 0.422 e. The topological polar surface area (TPSA) is 84.8 Å². The van der Waals surface area contributed by atoms with Gasteiger partial charge in [-0.3, -0.25) is 4.98 Å². The van der Waals surface area contributed by atoms with Gasteiger partial charge in [-0.2, -0.15) is 4.79 Å². The zero-order valence-corrected chi connectivity index (χ0v) is 19.2. The largest absolute Gasteiger partial charge is 0.460 e. The van der Waals surface area contributed by atoms with Gasteiger partial charge in [0.15, 0.2) is 8.32 Å². The van der Waals surface area contributed by atoms with Crippen molar-refractivity contribution in [1.29, 1.82) is 0 Å². The van der Waals surface area contributed by atoms with Crippen LogP contribution in [0.4, 0.5) is 0 Å². The molecule has 0 aliphatic rings. The second-order valence-corrected chi connectivity index (χ2v) is 13.3. The molecule has 0 saturated carbocycles. The molecule has 7 heteroatoms. The van der Waals surface area contributed by atoms with E-state index in [4.69, 9.17) is 9.16 Å². The highest BCUT2D eigenvalue weighted by Crippen LogP contribution is 2.41. The molecule has 0 saturated heterocycles. The van der Waals surface area contributed by atoms with E-state index in [0.717, 1.165) is 5.56 Å². The highest BCUT2D eigenvalue weighted by molar-refractivity contribution is 6.74. The molecular formula is C22H29N3O3Si. The van der Waals surface area contributed by atoms with Crippen molar-refractivity contribution in [2.24, 2.45) is 0 Å². The number of aryl methyl sites for hydroxylation is 1. The van der Waals surface area contributed by atoms with Crippen molar-refractivity contribution >= 4 is 20.0 Å². The molecule has 1 heterocycles. The second kappa shape index (κ2) is 8.82. The Balaban J connectivity index is 2.63. The fourth-order valence-electron chi connectivity index (χ4n) is 2.68. The maximum absolute atomic E-state index is 12.0. The summed E-state index contributed by atoms with van der Waals surface area (Å²) in [5, 5.41) is 0.0103. The lowest BCUT2D eigenvalue weighted by Crippen LogP contribution is -2.42. The fraction of sp³-hybridized carbons (Fsp3) is 0.409. The van der Waals surface area contributed by atoms with E-state index in [1.54, 1.807) is 12.1 Å². The summed E-state index contributed by atoms with van der Waals surface area (Å²) in [5.74, 6) is -0.717. The van der Waals surface area contributed by atoms with Crippen molar-refractivity contribution in [3.05, 3.63) is 70.5 Å². The van der Waals surface area contributed by atoms with Gasteiger partial charge in [0, 0.05) is 5.69 Å². The molecule has 0 aliphatic carbocycles. The van der Waals surface area contributed by atoms with E-state index in [0.29, 0.717) is 17.0 Å². The van der Waals surface area contributed by atoms with Crippen LogP contribution >= 0.6 is 0 Å². The highest BCUT2D eigenvalue weighted by atomic mass is 28.4. The van der Waals surface area contributed by atoms with Gasteiger partial charge in [-0.05, 0) is 42.8 Å². The number of aromatic nitrogens is 1. The Morgan fingerprint density at radius 1 is 1.17 bits per heavy atom. The summed E-state index contributed by atoms with van der Waals surface area (Å²) in [4.78, 5) is 19.8. The molecule has 154 valence electrons. The molecule has 0 N–H and O–H groups in total. The number of nitrogens with zero attached hydrogens (tertiary/aromatic N) is 3. The number of carbonyl (C=O) groups excluding carboxylic acids is 1. The normalized spacial score (nSPS) is 12.8. The summed E-state index contributed by atoms with van der Waals surface area (Å²) >= 11 is 0. The molecule has 29 heavy (non-hydrogen) atoms. The zero-order valence-electron chi connectivity index (χ0n) is 18.2. The average molecular weight is 412 g/mol. The van der Waals surface area contributed by atoms with Gasteiger partial charge in [0.25, 0.3) is 0 Å². The third kappa shape index (κ3) is 5.26. The number of esters is 1. The van der Waals surface area contributed by atoms with Crippen molar-refractivity contribution < 1.29 is 18.7 Å². The minimum atomic E-state index is -2.14. The van der Waals surface area contributed by atoms with Gasteiger partial charge in [0.05, 0.1) is 18.4 Å². The van der Waals surface area contributed by atoms with Gasteiger partial charge in [-0.15, -0.1) is 0 Å². The van der Waals surface area contributed by atoms with Crippen molar-refractivity contribution in [3.63, 3.8) is 0 Å². The summed E-state index contributed by atoms with van der Waals surface area (Å²) in [6.45, 7) is 12.8. The summed E-state index contributed by atoms with van der Waals surface area (Å²) in [5.41, 5.74) is 11.9. The predicted octanol–water partition coefficient (Wildman–Crippen LogP) is 4.69. The number of ether oxygens (including phenoxy) is 1. The summed E-state index contributed by atoms with van der Waals surface area (Å²) < 4.78 is 11.5. The second-order valence-electron chi connectivity index (χ2n) is 8.53. The maximum atomic E-state index is 12.0. The standard InChI is InChI=1S/C22H29N3O3Si/c1-15-13-17(19(25-23)21(26)27-5)14-18(24-15)20(16-11-9-8-10-12-16)28-29(6,7)22(2,3)4/h8-14,20H,1-7H3/t20-/m1/s1. The van der Waals surface area contributed by atoms with Crippen LogP contribution < -0.4 is 0 Å². The molecular weight excluding hydrogens is 382 g/mol. The Hall–Kier alpha value is -2.60. The lowest BCUT2D eigenvalue weighted by Gasteiger charge is -2.39. The Labute approximate surface area is 173 Å². The Kier molecular flexibility index (Phi) is 6.90. The first kappa shape index (κ1) is 22.7.